The number of urea groups is 1. The zero-order valence-corrected chi connectivity index (χ0v) is 17.5. The highest BCUT2D eigenvalue weighted by Gasteiger charge is 2.32. The van der Waals surface area contributed by atoms with Crippen LogP contribution in [-0.2, 0) is 11.4 Å². The summed E-state index contributed by atoms with van der Waals surface area (Å²) in [5.74, 6) is -0.135. The van der Waals surface area contributed by atoms with Crippen molar-refractivity contribution >= 4 is 29.6 Å². The third kappa shape index (κ3) is 4.74. The van der Waals surface area contributed by atoms with E-state index in [4.69, 9.17) is 21.1 Å². The van der Waals surface area contributed by atoms with Gasteiger partial charge in [0.25, 0.3) is 5.91 Å². The maximum atomic E-state index is 13.9. The Kier molecular flexibility index (Phi) is 6.95. The van der Waals surface area contributed by atoms with E-state index in [1.165, 1.54) is 12.1 Å². The largest absolute Gasteiger partial charge is 0.490 e. The second kappa shape index (κ2) is 9.63. The Bertz CT molecular complexity index is 993. The summed E-state index contributed by atoms with van der Waals surface area (Å²) in [5.41, 5.74) is 1.10. The van der Waals surface area contributed by atoms with Crippen LogP contribution in [0.1, 0.15) is 31.4 Å². The average Bonchev–Trinajstić information content (AvgIpc) is 2.96. The molecule has 0 aliphatic carbocycles. The van der Waals surface area contributed by atoms with Crippen LogP contribution in [0.4, 0.5) is 9.18 Å². The number of hydrogen-bond acceptors (Lipinski definition) is 4. The molecule has 0 spiro atoms. The molecule has 2 aromatic carbocycles. The molecule has 2 aromatic rings. The second-order valence-electron chi connectivity index (χ2n) is 6.59. The lowest BCUT2D eigenvalue weighted by Crippen LogP contribution is -2.31. The number of nitrogens with zero attached hydrogens (tertiary/aromatic N) is 1. The third-order valence-corrected chi connectivity index (χ3v) is 4.66. The van der Waals surface area contributed by atoms with Crippen LogP contribution in [0.15, 0.2) is 42.1 Å². The van der Waals surface area contributed by atoms with Crippen molar-refractivity contribution in [2.45, 2.75) is 26.9 Å². The number of carbonyl (C=O) groups is 2. The van der Waals surface area contributed by atoms with Gasteiger partial charge in [0, 0.05) is 12.1 Å². The molecule has 3 amide bonds. The van der Waals surface area contributed by atoms with Crippen molar-refractivity contribution < 1.29 is 23.5 Å². The van der Waals surface area contributed by atoms with Crippen molar-refractivity contribution in [3.05, 3.63) is 64.1 Å². The summed E-state index contributed by atoms with van der Waals surface area (Å²) in [6.45, 7) is 4.37. The fourth-order valence-corrected chi connectivity index (χ4v) is 3.28. The summed E-state index contributed by atoms with van der Waals surface area (Å²) in [7, 11) is 0. The summed E-state index contributed by atoms with van der Waals surface area (Å²) in [4.78, 5) is 25.5. The molecule has 0 aromatic heterocycles. The average molecular weight is 433 g/mol. The van der Waals surface area contributed by atoms with Crippen molar-refractivity contribution in [1.29, 1.82) is 0 Å². The molecule has 1 saturated heterocycles. The van der Waals surface area contributed by atoms with Gasteiger partial charge in [-0.2, -0.15) is 0 Å². The van der Waals surface area contributed by atoms with Crippen LogP contribution in [0.3, 0.4) is 0 Å². The first-order valence-corrected chi connectivity index (χ1v) is 9.99. The lowest BCUT2D eigenvalue weighted by atomic mass is 10.1. The summed E-state index contributed by atoms with van der Waals surface area (Å²) in [6, 6.07) is 9.10. The molecule has 0 unspecified atom stereocenters. The molecule has 30 heavy (non-hydrogen) atoms. The number of imide groups is 1. The quantitative estimate of drug-likeness (QED) is 0.482. The van der Waals surface area contributed by atoms with Gasteiger partial charge in [0.2, 0.25) is 0 Å². The third-order valence-electron chi connectivity index (χ3n) is 4.38. The molecule has 1 N–H and O–H groups in total. The first-order chi connectivity index (χ1) is 14.4. The zero-order chi connectivity index (χ0) is 21.7. The van der Waals surface area contributed by atoms with Crippen molar-refractivity contribution in [3.8, 4) is 11.5 Å². The predicted octanol–water partition coefficient (Wildman–Crippen LogP) is 4.76. The Morgan fingerprint density at radius 1 is 1.17 bits per heavy atom. The summed E-state index contributed by atoms with van der Waals surface area (Å²) in [5, 5.41) is 2.81. The zero-order valence-electron chi connectivity index (χ0n) is 16.7. The maximum absolute atomic E-state index is 13.9. The van der Waals surface area contributed by atoms with E-state index in [-0.39, 0.29) is 28.9 Å². The molecule has 1 heterocycles. The topological polar surface area (TPSA) is 67.9 Å². The highest BCUT2D eigenvalue weighted by Crippen LogP contribution is 2.38. The lowest BCUT2D eigenvalue weighted by molar-refractivity contribution is -0.122. The van der Waals surface area contributed by atoms with E-state index >= 15 is 0 Å². The Balaban J connectivity index is 1.87. The van der Waals surface area contributed by atoms with E-state index in [2.05, 4.69) is 5.32 Å². The molecule has 1 aliphatic heterocycles. The van der Waals surface area contributed by atoms with Crippen molar-refractivity contribution in [2.24, 2.45) is 0 Å². The Morgan fingerprint density at radius 3 is 2.63 bits per heavy atom. The number of nitrogens with one attached hydrogen (secondary N) is 1. The minimum atomic E-state index is -0.450. The van der Waals surface area contributed by atoms with Crippen LogP contribution in [0.5, 0.6) is 11.5 Å². The van der Waals surface area contributed by atoms with Gasteiger partial charge in [-0.15, -0.1) is 0 Å². The molecule has 6 nitrogen and oxygen atoms in total. The molecule has 1 fully saturated rings. The van der Waals surface area contributed by atoms with Gasteiger partial charge in [-0.3, -0.25) is 9.69 Å². The standard InChI is InChI=1S/C22H22ClFN2O4/c1-3-9-26-21(27)18(25-22(26)28)11-14-10-16(23)20(19(12-14)29-4-2)30-13-15-7-5-6-8-17(15)24/h5-8,10-12H,3-4,9,13H2,1-2H3,(H,25,28)/b18-11+. The van der Waals surface area contributed by atoms with Gasteiger partial charge in [0.15, 0.2) is 11.5 Å². The minimum absolute atomic E-state index is 0.0204. The van der Waals surface area contributed by atoms with E-state index in [0.29, 0.717) is 36.4 Å². The SMILES string of the molecule is CCCN1C(=O)N/C(=C/c2cc(Cl)c(OCc3ccccc3F)c(OCC)c2)C1=O. The molecular formula is C22H22ClFN2O4. The second-order valence-corrected chi connectivity index (χ2v) is 7.00. The van der Waals surface area contributed by atoms with Crippen LogP contribution < -0.4 is 14.8 Å². The predicted molar refractivity (Wildman–Crippen MR) is 112 cm³/mol. The number of rotatable bonds is 8. The first kappa shape index (κ1) is 21.6. The fourth-order valence-electron chi connectivity index (χ4n) is 3.00. The smallest absolute Gasteiger partial charge is 0.329 e. The van der Waals surface area contributed by atoms with E-state index in [0.717, 1.165) is 4.90 Å². The molecule has 0 saturated carbocycles. The van der Waals surface area contributed by atoms with Gasteiger partial charge in [-0.1, -0.05) is 36.7 Å². The highest BCUT2D eigenvalue weighted by atomic mass is 35.5. The first-order valence-electron chi connectivity index (χ1n) is 9.61. The van der Waals surface area contributed by atoms with Crippen molar-refractivity contribution in [1.82, 2.24) is 10.2 Å². The van der Waals surface area contributed by atoms with Gasteiger partial charge in [0.05, 0.1) is 11.6 Å². The molecule has 0 bridgehead atoms. The Hall–Kier alpha value is -3.06. The molecule has 0 atom stereocenters. The lowest BCUT2D eigenvalue weighted by Gasteiger charge is -2.15. The molecular weight excluding hydrogens is 411 g/mol. The summed E-state index contributed by atoms with van der Waals surface area (Å²) < 4.78 is 25.2. The molecule has 158 valence electrons. The van der Waals surface area contributed by atoms with Gasteiger partial charge in [-0.25, -0.2) is 9.18 Å². The van der Waals surface area contributed by atoms with Gasteiger partial charge < -0.3 is 14.8 Å². The van der Waals surface area contributed by atoms with E-state index in [1.807, 2.05) is 13.8 Å². The van der Waals surface area contributed by atoms with Gasteiger partial charge in [-0.05, 0) is 43.2 Å². The van der Waals surface area contributed by atoms with Crippen LogP contribution in [0.25, 0.3) is 6.08 Å². The van der Waals surface area contributed by atoms with E-state index in [1.54, 1.807) is 30.3 Å². The fraction of sp³-hybridized carbons (Fsp3) is 0.273. The number of carbonyl (C=O) groups excluding carboxylic acids is 2. The van der Waals surface area contributed by atoms with Crippen LogP contribution >= 0.6 is 11.6 Å². The maximum Gasteiger partial charge on any atom is 0.329 e. The Labute approximate surface area is 179 Å². The molecule has 3 rings (SSSR count). The number of amides is 3. The minimum Gasteiger partial charge on any atom is -0.490 e. The summed E-state index contributed by atoms with van der Waals surface area (Å²) in [6.07, 6.45) is 2.20. The van der Waals surface area contributed by atoms with Gasteiger partial charge >= 0.3 is 6.03 Å². The van der Waals surface area contributed by atoms with E-state index in [9.17, 15) is 14.0 Å². The monoisotopic (exact) mass is 432 g/mol. The van der Waals surface area contributed by atoms with E-state index < -0.39 is 11.9 Å². The van der Waals surface area contributed by atoms with Crippen molar-refractivity contribution in [3.63, 3.8) is 0 Å². The highest BCUT2D eigenvalue weighted by molar-refractivity contribution is 6.32. The van der Waals surface area contributed by atoms with Crippen LogP contribution in [0, 0.1) is 5.82 Å². The van der Waals surface area contributed by atoms with Crippen LogP contribution in [0.2, 0.25) is 5.02 Å². The number of halogens is 2. The normalized spacial score (nSPS) is 14.9. The Morgan fingerprint density at radius 2 is 1.93 bits per heavy atom. The summed E-state index contributed by atoms with van der Waals surface area (Å²) >= 11 is 6.39. The van der Waals surface area contributed by atoms with Crippen LogP contribution in [-0.4, -0.2) is 30.0 Å². The number of hydrogen-bond donors (Lipinski definition) is 1. The number of ether oxygens (including phenoxy) is 2. The molecule has 1 aliphatic rings. The van der Waals surface area contributed by atoms with Crippen molar-refractivity contribution in [2.75, 3.05) is 13.2 Å². The molecule has 8 heteroatoms. The number of benzene rings is 2. The molecule has 0 radical (unpaired) electrons. The van der Waals surface area contributed by atoms with Gasteiger partial charge in [0.1, 0.15) is 18.1 Å².